The van der Waals surface area contributed by atoms with Crippen molar-refractivity contribution in [3.8, 4) is 11.1 Å². The number of halogens is 5. The van der Waals surface area contributed by atoms with Gasteiger partial charge in [-0.05, 0) is 61.9 Å². The van der Waals surface area contributed by atoms with Gasteiger partial charge in [0, 0.05) is 54.7 Å². The number of alkyl halides is 3. The van der Waals surface area contributed by atoms with E-state index in [1.807, 2.05) is 55.7 Å². The quantitative estimate of drug-likeness (QED) is 0.0874. The molecule has 0 unspecified atom stereocenters. The van der Waals surface area contributed by atoms with Gasteiger partial charge >= 0.3 is 18.1 Å². The summed E-state index contributed by atoms with van der Waals surface area (Å²) >= 11 is 1.16. The minimum Gasteiger partial charge on any atom is -0.481 e. The highest BCUT2D eigenvalue weighted by Crippen LogP contribution is 2.41. The molecule has 1 heterocycles. The molecule has 1 aromatic heterocycles. The third kappa shape index (κ3) is 15.2. The van der Waals surface area contributed by atoms with Crippen LogP contribution in [0.5, 0.6) is 0 Å². The molecule has 10 nitrogen and oxygen atoms in total. The number of Topliss-reactive ketones (excluding diaryl/α,β-unsaturated/α-hetero) is 2. The van der Waals surface area contributed by atoms with Gasteiger partial charge in [-0.3, -0.25) is 14.4 Å². The Bertz CT molecular complexity index is 1780. The number of carbonyl (C=O) groups excluding carboxylic acids is 3. The number of aliphatic carboxylic acids is 2. The molecule has 2 aromatic carbocycles. The van der Waals surface area contributed by atoms with Gasteiger partial charge in [-0.15, -0.1) is 0 Å². The lowest BCUT2D eigenvalue weighted by Gasteiger charge is -2.41. The van der Waals surface area contributed by atoms with Crippen molar-refractivity contribution in [2.24, 2.45) is 17.1 Å². The van der Waals surface area contributed by atoms with Gasteiger partial charge in [-0.25, -0.2) is 13.6 Å². The lowest BCUT2D eigenvalue weighted by molar-refractivity contribution is -0.192. The van der Waals surface area contributed by atoms with E-state index >= 15 is 4.39 Å². The Kier molecular flexibility index (Phi) is 17.7. The minimum absolute atomic E-state index is 0.0300. The number of carboxylic acids is 2. The number of carbonyl (C=O) groups is 5. The lowest BCUT2D eigenvalue weighted by atomic mass is 9.82. The summed E-state index contributed by atoms with van der Waals surface area (Å²) in [5.74, 6) is -6.40. The van der Waals surface area contributed by atoms with Crippen molar-refractivity contribution in [2.75, 3.05) is 18.1 Å². The third-order valence-electron chi connectivity index (χ3n) is 8.35. The molecule has 55 heavy (non-hydrogen) atoms. The summed E-state index contributed by atoms with van der Waals surface area (Å²) in [6.45, 7) is 9.68. The molecule has 302 valence electrons. The zero-order chi connectivity index (χ0) is 41.7. The van der Waals surface area contributed by atoms with Crippen molar-refractivity contribution in [1.82, 2.24) is 9.47 Å². The molecule has 0 spiro atoms. The van der Waals surface area contributed by atoms with Crippen molar-refractivity contribution in [1.29, 1.82) is 0 Å². The molecular formula is C39H48F5N3O7S. The Morgan fingerprint density at radius 3 is 2.09 bits per heavy atom. The van der Waals surface area contributed by atoms with Crippen molar-refractivity contribution in [3.63, 3.8) is 0 Å². The molecule has 0 saturated carbocycles. The third-order valence-corrected chi connectivity index (χ3v) is 9.44. The first-order chi connectivity index (χ1) is 25.5. The maximum Gasteiger partial charge on any atom is 0.490 e. The highest BCUT2D eigenvalue weighted by Gasteiger charge is 2.39. The Morgan fingerprint density at radius 2 is 1.56 bits per heavy atom. The van der Waals surface area contributed by atoms with Gasteiger partial charge in [0.25, 0.3) is 0 Å². The highest BCUT2D eigenvalue weighted by atomic mass is 32.2. The standard InChI is InChI=1S/C37H47F2N3O5S.C2HF3O2/c1-24(43)17-28(36(46)47)22-48-23-34(45)42(16-10-9-13-33(44)25(2)40)35(37(3,4)5)32-18-27(30-19-29(38)14-15-31(30)39)21-41(32)20-26-11-7-6-8-12-26;3-2(4,5)1(6)7/h6-8,11-12,14-15,18-19,21,25,28,35H,9-10,13,16-17,20,22-23,40H2,1-5H3,(H,46,47);(H,6,7)/t25-,28-,35-;/m0./s1. The number of aromatic nitrogens is 1. The Morgan fingerprint density at radius 1 is 0.945 bits per heavy atom. The van der Waals surface area contributed by atoms with E-state index in [4.69, 9.17) is 15.6 Å². The fourth-order valence-corrected chi connectivity index (χ4v) is 6.76. The molecule has 1 amide bonds. The molecule has 0 aliphatic carbocycles. The van der Waals surface area contributed by atoms with Crippen molar-refractivity contribution in [2.45, 2.75) is 85.1 Å². The molecule has 16 heteroatoms. The van der Waals surface area contributed by atoms with E-state index in [1.165, 1.54) is 6.92 Å². The molecule has 3 rings (SSSR count). The maximum atomic E-state index is 15.1. The number of ketones is 2. The zero-order valence-electron chi connectivity index (χ0n) is 31.4. The van der Waals surface area contributed by atoms with Crippen LogP contribution in [0.25, 0.3) is 11.1 Å². The van der Waals surface area contributed by atoms with E-state index in [0.29, 0.717) is 31.5 Å². The summed E-state index contributed by atoms with van der Waals surface area (Å²) in [5.41, 5.74) is 7.46. The first kappa shape index (κ1) is 46.6. The molecule has 3 atom stereocenters. The van der Waals surface area contributed by atoms with E-state index in [0.717, 1.165) is 41.2 Å². The number of nitrogens with two attached hydrogens (primary N) is 1. The van der Waals surface area contributed by atoms with Crippen LogP contribution in [0.15, 0.2) is 60.8 Å². The molecule has 0 aliphatic heterocycles. The summed E-state index contributed by atoms with van der Waals surface area (Å²) in [7, 11) is 0. The number of hydrogen-bond donors (Lipinski definition) is 3. The normalized spacial score (nSPS) is 13.2. The number of thioether (sulfide) groups is 1. The molecule has 0 fully saturated rings. The SMILES string of the molecule is CC(=O)C[C@@H](CSCC(=O)N(CCCCC(=O)[C@H](C)N)[C@@H](c1cc(-c2cc(F)ccc2F)cn1Cc1ccccc1)C(C)(C)C)C(=O)O.O=C(O)C(F)(F)F. The summed E-state index contributed by atoms with van der Waals surface area (Å²) in [6, 6.07) is 13.7. The number of rotatable bonds is 18. The van der Waals surface area contributed by atoms with Crippen molar-refractivity contribution < 1.29 is 56.1 Å². The van der Waals surface area contributed by atoms with Crippen molar-refractivity contribution in [3.05, 3.63) is 83.7 Å². The summed E-state index contributed by atoms with van der Waals surface area (Å²) < 4.78 is 63.1. The van der Waals surface area contributed by atoms with Crippen LogP contribution in [0.4, 0.5) is 22.0 Å². The molecule has 0 bridgehead atoms. The van der Waals surface area contributed by atoms with E-state index in [2.05, 4.69) is 0 Å². The van der Waals surface area contributed by atoms with Crippen LogP contribution in [0.2, 0.25) is 0 Å². The summed E-state index contributed by atoms with van der Waals surface area (Å²) in [5, 5.41) is 16.7. The topological polar surface area (TPSA) is 160 Å². The van der Waals surface area contributed by atoms with Crippen LogP contribution in [0.1, 0.15) is 77.6 Å². The first-order valence-electron chi connectivity index (χ1n) is 17.4. The predicted octanol–water partition coefficient (Wildman–Crippen LogP) is 7.53. The number of amides is 1. The second-order valence-corrected chi connectivity index (χ2v) is 15.2. The largest absolute Gasteiger partial charge is 0.490 e. The van der Waals surface area contributed by atoms with Crippen LogP contribution >= 0.6 is 11.8 Å². The highest BCUT2D eigenvalue weighted by molar-refractivity contribution is 7.99. The lowest BCUT2D eigenvalue weighted by Crippen LogP contribution is -2.43. The van der Waals surface area contributed by atoms with Gasteiger partial charge in [0.15, 0.2) is 0 Å². The first-order valence-corrected chi connectivity index (χ1v) is 18.6. The maximum absolute atomic E-state index is 15.1. The van der Waals surface area contributed by atoms with Crippen LogP contribution in [-0.4, -0.2) is 79.4 Å². The van der Waals surface area contributed by atoms with Crippen LogP contribution < -0.4 is 5.73 Å². The molecule has 0 aliphatic rings. The summed E-state index contributed by atoms with van der Waals surface area (Å²) in [4.78, 5) is 60.4. The smallest absolute Gasteiger partial charge is 0.481 e. The van der Waals surface area contributed by atoms with Gasteiger partial charge in [0.1, 0.15) is 23.2 Å². The van der Waals surface area contributed by atoms with Gasteiger partial charge in [-0.1, -0.05) is 51.1 Å². The second kappa shape index (κ2) is 20.9. The molecule has 4 N–H and O–H groups in total. The molecule has 0 radical (unpaired) electrons. The van der Waals surface area contributed by atoms with Crippen LogP contribution in [0.3, 0.4) is 0 Å². The monoisotopic (exact) mass is 797 g/mol. The van der Waals surface area contributed by atoms with Gasteiger partial charge in [-0.2, -0.15) is 24.9 Å². The van der Waals surface area contributed by atoms with E-state index in [1.54, 1.807) is 24.1 Å². The minimum atomic E-state index is -5.08. The Balaban J connectivity index is 0.00000136. The number of carboxylic acid groups (broad SMARTS) is 2. The van der Waals surface area contributed by atoms with E-state index in [-0.39, 0.29) is 47.4 Å². The van der Waals surface area contributed by atoms with Crippen LogP contribution in [0, 0.1) is 23.0 Å². The van der Waals surface area contributed by atoms with Gasteiger partial charge < -0.3 is 30.2 Å². The number of unbranched alkanes of at least 4 members (excludes halogenated alkanes) is 1. The van der Waals surface area contributed by atoms with Crippen LogP contribution in [-0.2, 0) is 30.5 Å². The van der Waals surface area contributed by atoms with E-state index < -0.39 is 53.2 Å². The van der Waals surface area contributed by atoms with Crippen molar-refractivity contribution >= 4 is 41.2 Å². The van der Waals surface area contributed by atoms with E-state index in [9.17, 15) is 41.8 Å². The zero-order valence-corrected chi connectivity index (χ0v) is 32.2. The fraction of sp³-hybridized carbons (Fsp3) is 0.462. The average molecular weight is 798 g/mol. The number of benzene rings is 2. The number of nitrogens with zero attached hydrogens (tertiary/aromatic N) is 2. The average Bonchev–Trinajstić information content (AvgIpc) is 3.48. The van der Waals surface area contributed by atoms with Gasteiger partial charge in [0.05, 0.1) is 23.8 Å². The summed E-state index contributed by atoms with van der Waals surface area (Å²) in [6.07, 6.45) is -2.14. The molecule has 0 saturated heterocycles. The predicted molar refractivity (Wildman–Crippen MR) is 199 cm³/mol. The second-order valence-electron chi connectivity index (χ2n) is 14.2. The Hall–Kier alpha value is -4.57. The van der Waals surface area contributed by atoms with Gasteiger partial charge in [0.2, 0.25) is 5.91 Å². The Labute approximate surface area is 321 Å². The fourth-order valence-electron chi connectivity index (χ4n) is 5.75. The number of hydrogen-bond acceptors (Lipinski definition) is 7. The molecular weight excluding hydrogens is 750 g/mol. The molecule has 3 aromatic rings.